The molecular weight excluding hydrogens is 408 g/mol. The molecule has 0 atom stereocenters. The van der Waals surface area contributed by atoms with Gasteiger partial charge in [-0.05, 0) is 36.4 Å². The lowest BCUT2D eigenvalue weighted by Gasteiger charge is -2.06. The van der Waals surface area contributed by atoms with Crippen LogP contribution < -0.4 is 0 Å². The van der Waals surface area contributed by atoms with Gasteiger partial charge in [0.05, 0.1) is 5.56 Å². The molecule has 0 saturated carbocycles. The van der Waals surface area contributed by atoms with Crippen molar-refractivity contribution in [3.05, 3.63) is 119 Å². The zero-order chi connectivity index (χ0) is 23.1. The molecule has 4 rings (SSSR count). The minimum atomic E-state index is -0.736. The van der Waals surface area contributed by atoms with Crippen LogP contribution in [0.5, 0.6) is 23.0 Å². The molecule has 4 aromatic rings. The van der Waals surface area contributed by atoms with Gasteiger partial charge in [-0.15, -0.1) is 0 Å². The summed E-state index contributed by atoms with van der Waals surface area (Å²) in [6.07, 6.45) is 0. The fraction of sp³-hybridized carbons (Fsp3) is 0. The normalized spacial score (nSPS) is 10.0. The average Bonchev–Trinajstić information content (AvgIpc) is 2.84. The average molecular weight is 428 g/mol. The molecule has 6 nitrogen and oxygen atoms in total. The Balaban J connectivity index is 0.000000186. The van der Waals surface area contributed by atoms with Gasteiger partial charge in [-0.1, -0.05) is 60.7 Å². The van der Waals surface area contributed by atoms with Crippen LogP contribution in [0.2, 0.25) is 0 Å². The second-order valence-corrected chi connectivity index (χ2v) is 6.77. The van der Waals surface area contributed by atoms with Gasteiger partial charge in [-0.25, -0.2) is 0 Å². The summed E-state index contributed by atoms with van der Waals surface area (Å²) in [5, 5.41) is 37.2. The molecule has 4 N–H and O–H groups in total. The number of benzene rings is 4. The lowest BCUT2D eigenvalue weighted by atomic mass is 10.0. The van der Waals surface area contributed by atoms with Crippen LogP contribution in [0.15, 0.2) is 97.1 Å². The van der Waals surface area contributed by atoms with Gasteiger partial charge < -0.3 is 20.4 Å². The molecule has 0 heterocycles. The first-order valence-electron chi connectivity index (χ1n) is 9.61. The highest BCUT2D eigenvalue weighted by Crippen LogP contribution is 2.37. The molecule has 0 aliphatic heterocycles. The van der Waals surface area contributed by atoms with E-state index in [0.29, 0.717) is 0 Å². The van der Waals surface area contributed by atoms with Crippen LogP contribution in [-0.2, 0) is 0 Å². The van der Waals surface area contributed by atoms with Gasteiger partial charge in [0, 0.05) is 16.7 Å². The fourth-order valence-corrected chi connectivity index (χ4v) is 2.87. The molecule has 0 saturated heterocycles. The Morgan fingerprint density at radius 3 is 1.44 bits per heavy atom. The predicted molar refractivity (Wildman–Crippen MR) is 119 cm³/mol. The summed E-state index contributed by atoms with van der Waals surface area (Å²) in [5.74, 6) is -2.35. The van der Waals surface area contributed by atoms with Crippen LogP contribution in [0.1, 0.15) is 31.8 Å². The standard InChI is InChI=1S/C13H10O5.C13H10O/c14-8-3-1-7(2-4-8)11(16)9-5-6-10(15)13(18)12(9)17;14-13(11-7-3-1-4-8-11)12-9-5-2-6-10-12/h1-6,14-15,17-18H;1-10H. The van der Waals surface area contributed by atoms with E-state index in [2.05, 4.69) is 0 Å². The third-order valence-corrected chi connectivity index (χ3v) is 4.58. The molecule has 0 amide bonds. The quantitative estimate of drug-likeness (QED) is 0.278. The topological polar surface area (TPSA) is 115 Å². The number of phenols is 4. The van der Waals surface area contributed by atoms with Gasteiger partial charge in [0.15, 0.2) is 23.1 Å². The van der Waals surface area contributed by atoms with Crippen LogP contribution in [0.3, 0.4) is 0 Å². The SMILES string of the molecule is O=C(c1ccc(O)cc1)c1ccc(O)c(O)c1O.O=C(c1ccccc1)c1ccccc1. The van der Waals surface area contributed by atoms with Gasteiger partial charge in [0.2, 0.25) is 5.75 Å². The Labute approximate surface area is 184 Å². The number of carbonyl (C=O) groups is 2. The number of hydrogen-bond acceptors (Lipinski definition) is 6. The van der Waals surface area contributed by atoms with E-state index in [0.717, 1.165) is 17.2 Å². The monoisotopic (exact) mass is 428 g/mol. The van der Waals surface area contributed by atoms with E-state index >= 15 is 0 Å². The van der Waals surface area contributed by atoms with Crippen molar-refractivity contribution in [2.45, 2.75) is 0 Å². The molecule has 0 aliphatic rings. The number of rotatable bonds is 4. The molecule has 4 aromatic carbocycles. The minimum absolute atomic E-state index is 0.0179. The van der Waals surface area contributed by atoms with Crippen molar-refractivity contribution in [3.63, 3.8) is 0 Å². The molecule has 0 bridgehead atoms. The van der Waals surface area contributed by atoms with Crippen LogP contribution in [0, 0.1) is 0 Å². The highest BCUT2D eigenvalue weighted by atomic mass is 16.3. The number of carbonyl (C=O) groups excluding carboxylic acids is 2. The van der Waals surface area contributed by atoms with E-state index in [1.807, 2.05) is 60.7 Å². The first-order valence-corrected chi connectivity index (χ1v) is 9.61. The Kier molecular flexibility index (Phi) is 6.88. The van der Waals surface area contributed by atoms with E-state index in [-0.39, 0.29) is 22.7 Å². The summed E-state index contributed by atoms with van der Waals surface area (Å²) in [5.41, 5.74) is 1.58. The smallest absolute Gasteiger partial charge is 0.201 e. The fourth-order valence-electron chi connectivity index (χ4n) is 2.87. The number of hydrogen-bond donors (Lipinski definition) is 4. The van der Waals surface area contributed by atoms with Crippen molar-refractivity contribution in [2.75, 3.05) is 0 Å². The van der Waals surface area contributed by atoms with Crippen LogP contribution in [0.4, 0.5) is 0 Å². The van der Waals surface area contributed by atoms with Crippen molar-refractivity contribution < 1.29 is 30.0 Å². The van der Waals surface area contributed by atoms with Gasteiger partial charge in [0.1, 0.15) is 5.75 Å². The third-order valence-electron chi connectivity index (χ3n) is 4.58. The maximum atomic E-state index is 12.0. The van der Waals surface area contributed by atoms with E-state index in [1.165, 1.54) is 30.3 Å². The minimum Gasteiger partial charge on any atom is -0.508 e. The summed E-state index contributed by atoms with van der Waals surface area (Å²) in [7, 11) is 0. The molecule has 0 aliphatic carbocycles. The maximum absolute atomic E-state index is 12.0. The first kappa shape index (κ1) is 22.1. The van der Waals surface area contributed by atoms with Crippen LogP contribution in [-0.4, -0.2) is 32.0 Å². The molecule has 6 heteroatoms. The number of aromatic hydroxyl groups is 4. The zero-order valence-electron chi connectivity index (χ0n) is 16.8. The Bertz CT molecular complexity index is 1180. The summed E-state index contributed by atoms with van der Waals surface area (Å²) >= 11 is 0. The molecule has 32 heavy (non-hydrogen) atoms. The molecule has 0 unspecified atom stereocenters. The van der Waals surface area contributed by atoms with Crippen molar-refractivity contribution in [1.82, 2.24) is 0 Å². The first-order chi connectivity index (χ1) is 15.4. The van der Waals surface area contributed by atoms with Gasteiger partial charge >= 0.3 is 0 Å². The second-order valence-electron chi connectivity index (χ2n) is 6.77. The highest BCUT2D eigenvalue weighted by Gasteiger charge is 2.18. The summed E-state index contributed by atoms with van der Waals surface area (Å²) in [6, 6.07) is 26.4. The van der Waals surface area contributed by atoms with Crippen molar-refractivity contribution in [1.29, 1.82) is 0 Å². The van der Waals surface area contributed by atoms with E-state index in [9.17, 15) is 19.8 Å². The van der Waals surface area contributed by atoms with Crippen LogP contribution in [0.25, 0.3) is 0 Å². The summed E-state index contributed by atoms with van der Waals surface area (Å²) < 4.78 is 0. The Hall–Kier alpha value is -4.58. The lowest BCUT2D eigenvalue weighted by Crippen LogP contribution is -2.01. The maximum Gasteiger partial charge on any atom is 0.201 e. The van der Waals surface area contributed by atoms with Gasteiger partial charge in [-0.2, -0.15) is 0 Å². The van der Waals surface area contributed by atoms with E-state index < -0.39 is 23.0 Å². The predicted octanol–water partition coefficient (Wildman–Crippen LogP) is 4.66. The molecule has 0 radical (unpaired) electrons. The third kappa shape index (κ3) is 5.12. The van der Waals surface area contributed by atoms with Gasteiger partial charge in [-0.3, -0.25) is 9.59 Å². The second kappa shape index (κ2) is 9.95. The number of phenolic OH excluding ortho intramolecular Hbond substituents is 4. The van der Waals surface area contributed by atoms with Crippen molar-refractivity contribution in [3.8, 4) is 23.0 Å². The molecule has 0 spiro atoms. The molecule has 160 valence electrons. The van der Waals surface area contributed by atoms with Crippen molar-refractivity contribution >= 4 is 11.6 Å². The molecular formula is C26H20O6. The number of ketones is 2. The highest BCUT2D eigenvalue weighted by molar-refractivity contribution is 6.11. The molecule has 0 aromatic heterocycles. The van der Waals surface area contributed by atoms with E-state index in [1.54, 1.807) is 0 Å². The Morgan fingerprint density at radius 1 is 0.469 bits per heavy atom. The van der Waals surface area contributed by atoms with E-state index in [4.69, 9.17) is 10.2 Å². The van der Waals surface area contributed by atoms with Crippen molar-refractivity contribution in [2.24, 2.45) is 0 Å². The van der Waals surface area contributed by atoms with Crippen LogP contribution >= 0.6 is 0 Å². The van der Waals surface area contributed by atoms with Gasteiger partial charge in [0.25, 0.3) is 0 Å². The summed E-state index contributed by atoms with van der Waals surface area (Å²) in [6.45, 7) is 0. The Morgan fingerprint density at radius 2 is 0.938 bits per heavy atom. The summed E-state index contributed by atoms with van der Waals surface area (Å²) in [4.78, 5) is 23.9. The lowest BCUT2D eigenvalue weighted by molar-refractivity contribution is 0.102. The zero-order valence-corrected chi connectivity index (χ0v) is 16.8. The largest absolute Gasteiger partial charge is 0.508 e. The molecule has 0 fully saturated rings.